The lowest BCUT2D eigenvalue weighted by Gasteiger charge is -2.06. The van der Waals surface area contributed by atoms with Crippen LogP contribution in [-0.4, -0.2) is 33.7 Å². The lowest BCUT2D eigenvalue weighted by atomic mass is 10.3. The van der Waals surface area contributed by atoms with E-state index in [1.807, 2.05) is 17.8 Å². The van der Waals surface area contributed by atoms with Gasteiger partial charge < -0.3 is 14.6 Å². The summed E-state index contributed by atoms with van der Waals surface area (Å²) in [5, 5.41) is 3.19. The van der Waals surface area contributed by atoms with Gasteiger partial charge in [0.25, 0.3) is 0 Å². The third kappa shape index (κ3) is 3.57. The molecule has 2 heterocycles. The molecule has 0 radical (unpaired) electrons. The predicted octanol–water partition coefficient (Wildman–Crippen LogP) is 1.65. The number of esters is 1. The summed E-state index contributed by atoms with van der Waals surface area (Å²) in [7, 11) is 1.97. The highest BCUT2D eigenvalue weighted by Crippen LogP contribution is 2.06. The van der Waals surface area contributed by atoms with Crippen molar-refractivity contribution in [1.82, 2.24) is 14.5 Å². The number of rotatable bonds is 6. The van der Waals surface area contributed by atoms with E-state index in [4.69, 9.17) is 4.74 Å². The lowest BCUT2D eigenvalue weighted by Crippen LogP contribution is -2.10. The number of nitrogens with one attached hydrogen (secondary N) is 1. The summed E-state index contributed by atoms with van der Waals surface area (Å²) >= 11 is 0. The van der Waals surface area contributed by atoms with Crippen molar-refractivity contribution in [3.8, 4) is 0 Å². The Morgan fingerprint density at radius 1 is 1.40 bits per heavy atom. The maximum Gasteiger partial charge on any atom is 0.339 e. The molecule has 0 aliphatic rings. The van der Waals surface area contributed by atoms with Crippen LogP contribution in [-0.2, 0) is 18.2 Å². The molecule has 2 aromatic rings. The maximum atomic E-state index is 11.5. The van der Waals surface area contributed by atoms with E-state index in [0.29, 0.717) is 12.2 Å². The van der Waals surface area contributed by atoms with Gasteiger partial charge in [0.1, 0.15) is 11.6 Å². The highest BCUT2D eigenvalue weighted by atomic mass is 16.5. The Balaban J connectivity index is 1.85. The average molecular weight is 274 g/mol. The summed E-state index contributed by atoms with van der Waals surface area (Å²) in [5.41, 5.74) is 0.460. The number of hydrogen-bond donors (Lipinski definition) is 1. The van der Waals surface area contributed by atoms with Crippen molar-refractivity contribution in [2.75, 3.05) is 18.5 Å². The van der Waals surface area contributed by atoms with E-state index in [-0.39, 0.29) is 5.97 Å². The molecule has 2 aromatic heterocycles. The number of pyridine rings is 1. The molecule has 0 fully saturated rings. The zero-order valence-electron chi connectivity index (χ0n) is 11.7. The summed E-state index contributed by atoms with van der Waals surface area (Å²) < 4.78 is 6.89. The number of ether oxygens (including phenoxy) is 1. The van der Waals surface area contributed by atoms with Crippen molar-refractivity contribution in [3.05, 3.63) is 42.1 Å². The van der Waals surface area contributed by atoms with Crippen LogP contribution >= 0.6 is 0 Å². The van der Waals surface area contributed by atoms with Crippen LogP contribution in [0.5, 0.6) is 0 Å². The fraction of sp³-hybridized carbons (Fsp3) is 0.357. The van der Waals surface area contributed by atoms with Gasteiger partial charge in [-0.3, -0.25) is 0 Å². The highest BCUT2D eigenvalue weighted by Gasteiger charge is 2.06. The van der Waals surface area contributed by atoms with Crippen molar-refractivity contribution in [3.63, 3.8) is 0 Å². The van der Waals surface area contributed by atoms with Gasteiger partial charge in [0.15, 0.2) is 0 Å². The fourth-order valence-corrected chi connectivity index (χ4v) is 1.77. The SMILES string of the molecule is CCOC(=O)c1ccc(NCCc2nccn2C)nc1. The Bertz CT molecular complexity index is 563. The second kappa shape index (κ2) is 6.70. The molecule has 6 heteroatoms. The van der Waals surface area contributed by atoms with Crippen LogP contribution in [0.15, 0.2) is 30.7 Å². The van der Waals surface area contributed by atoms with Gasteiger partial charge >= 0.3 is 5.97 Å². The van der Waals surface area contributed by atoms with Crippen LogP contribution in [0, 0.1) is 0 Å². The van der Waals surface area contributed by atoms with Crippen molar-refractivity contribution in [1.29, 1.82) is 0 Å². The van der Waals surface area contributed by atoms with Crippen molar-refractivity contribution in [2.45, 2.75) is 13.3 Å². The van der Waals surface area contributed by atoms with Crippen LogP contribution in [0.3, 0.4) is 0 Å². The first-order chi connectivity index (χ1) is 9.70. The molecule has 0 bridgehead atoms. The molecule has 0 aliphatic carbocycles. The zero-order chi connectivity index (χ0) is 14.4. The highest BCUT2D eigenvalue weighted by molar-refractivity contribution is 5.89. The number of anilines is 1. The van der Waals surface area contributed by atoms with Gasteiger partial charge in [-0.15, -0.1) is 0 Å². The van der Waals surface area contributed by atoms with Crippen molar-refractivity contribution in [2.24, 2.45) is 7.05 Å². The quantitative estimate of drug-likeness (QED) is 0.811. The molecule has 1 N–H and O–H groups in total. The second-order valence-corrected chi connectivity index (χ2v) is 4.28. The van der Waals surface area contributed by atoms with Crippen LogP contribution in [0.2, 0.25) is 0 Å². The van der Waals surface area contributed by atoms with Crippen LogP contribution in [0.1, 0.15) is 23.1 Å². The Hall–Kier alpha value is -2.37. The molecule has 0 saturated heterocycles. The Labute approximate surface area is 117 Å². The predicted molar refractivity (Wildman–Crippen MR) is 75.6 cm³/mol. The van der Waals surface area contributed by atoms with Crippen LogP contribution in [0.4, 0.5) is 5.82 Å². The number of aromatic nitrogens is 3. The van der Waals surface area contributed by atoms with E-state index in [9.17, 15) is 4.79 Å². The molecule has 0 amide bonds. The summed E-state index contributed by atoms with van der Waals surface area (Å²) in [6, 6.07) is 3.47. The van der Waals surface area contributed by atoms with Crippen LogP contribution < -0.4 is 5.32 Å². The number of hydrogen-bond acceptors (Lipinski definition) is 5. The molecular formula is C14H18N4O2. The van der Waals surface area contributed by atoms with Gasteiger partial charge in [0, 0.05) is 38.6 Å². The van der Waals surface area contributed by atoms with E-state index < -0.39 is 0 Å². The van der Waals surface area contributed by atoms with E-state index in [0.717, 1.165) is 24.6 Å². The Kier molecular flexibility index (Phi) is 4.70. The lowest BCUT2D eigenvalue weighted by molar-refractivity contribution is 0.0526. The fourth-order valence-electron chi connectivity index (χ4n) is 1.77. The minimum Gasteiger partial charge on any atom is -0.462 e. The van der Waals surface area contributed by atoms with Gasteiger partial charge in [-0.05, 0) is 19.1 Å². The molecular weight excluding hydrogens is 256 g/mol. The van der Waals surface area contributed by atoms with Crippen molar-refractivity contribution >= 4 is 11.8 Å². The molecule has 6 nitrogen and oxygen atoms in total. The van der Waals surface area contributed by atoms with Gasteiger partial charge in [-0.1, -0.05) is 0 Å². The number of carbonyl (C=O) groups excluding carboxylic acids is 1. The molecule has 20 heavy (non-hydrogen) atoms. The molecule has 0 unspecified atom stereocenters. The number of imidazole rings is 1. The first kappa shape index (κ1) is 14.0. The topological polar surface area (TPSA) is 69.0 Å². The average Bonchev–Trinajstić information content (AvgIpc) is 2.85. The first-order valence-electron chi connectivity index (χ1n) is 6.54. The molecule has 2 rings (SSSR count). The van der Waals surface area contributed by atoms with Gasteiger partial charge in [-0.25, -0.2) is 14.8 Å². The molecule has 106 valence electrons. The number of nitrogens with zero attached hydrogens (tertiary/aromatic N) is 3. The van der Waals surface area contributed by atoms with E-state index in [2.05, 4.69) is 15.3 Å². The normalized spacial score (nSPS) is 10.3. The monoisotopic (exact) mass is 274 g/mol. The minimum atomic E-state index is -0.348. The van der Waals surface area contributed by atoms with E-state index >= 15 is 0 Å². The van der Waals surface area contributed by atoms with Crippen LogP contribution in [0.25, 0.3) is 0 Å². The smallest absolute Gasteiger partial charge is 0.339 e. The molecule has 0 saturated carbocycles. The zero-order valence-corrected chi connectivity index (χ0v) is 11.7. The largest absolute Gasteiger partial charge is 0.462 e. The van der Waals surface area contributed by atoms with Gasteiger partial charge in [0.05, 0.1) is 12.2 Å². The standard InChI is InChI=1S/C14H18N4O2/c1-3-20-14(19)11-4-5-12(17-10-11)15-7-6-13-16-8-9-18(13)2/h4-5,8-10H,3,6-7H2,1-2H3,(H,15,17). The number of carbonyl (C=O) groups is 1. The minimum absolute atomic E-state index is 0.348. The summed E-state index contributed by atoms with van der Waals surface area (Å²) in [4.78, 5) is 19.9. The van der Waals surface area contributed by atoms with Gasteiger partial charge in [-0.2, -0.15) is 0 Å². The molecule has 0 aromatic carbocycles. The third-order valence-corrected chi connectivity index (χ3v) is 2.85. The second-order valence-electron chi connectivity index (χ2n) is 4.28. The first-order valence-corrected chi connectivity index (χ1v) is 6.54. The van der Waals surface area contributed by atoms with Crippen molar-refractivity contribution < 1.29 is 9.53 Å². The Morgan fingerprint density at radius 2 is 2.25 bits per heavy atom. The molecule has 0 spiro atoms. The summed E-state index contributed by atoms with van der Waals surface area (Å²) in [5.74, 6) is 1.40. The van der Waals surface area contributed by atoms with Gasteiger partial charge in [0.2, 0.25) is 0 Å². The van der Waals surface area contributed by atoms with E-state index in [1.54, 1.807) is 25.3 Å². The molecule has 0 aliphatic heterocycles. The number of aryl methyl sites for hydroxylation is 1. The maximum absolute atomic E-state index is 11.5. The van der Waals surface area contributed by atoms with E-state index in [1.165, 1.54) is 6.20 Å². The summed E-state index contributed by atoms with van der Waals surface area (Å²) in [6.45, 7) is 2.87. The third-order valence-electron chi connectivity index (χ3n) is 2.85. The molecule has 0 atom stereocenters. The Morgan fingerprint density at radius 3 is 2.85 bits per heavy atom. The summed E-state index contributed by atoms with van der Waals surface area (Å²) in [6.07, 6.45) is 6.02.